The van der Waals surface area contributed by atoms with Crippen molar-refractivity contribution >= 4 is 17.5 Å². The first-order valence-corrected chi connectivity index (χ1v) is 8.77. The average molecular weight is 356 g/mol. The summed E-state index contributed by atoms with van der Waals surface area (Å²) in [7, 11) is 0. The van der Waals surface area contributed by atoms with Crippen LogP contribution in [0.3, 0.4) is 0 Å². The van der Waals surface area contributed by atoms with Crippen molar-refractivity contribution in [2.75, 3.05) is 0 Å². The molecule has 3 atom stereocenters. The molecule has 0 amide bonds. The molecule has 1 saturated heterocycles. The van der Waals surface area contributed by atoms with E-state index in [2.05, 4.69) is 0 Å². The lowest BCUT2D eigenvalue weighted by atomic mass is 9.65. The number of ether oxygens (including phenoxy) is 1. The van der Waals surface area contributed by atoms with E-state index in [1.54, 1.807) is 20.8 Å². The number of hydrogen-bond acceptors (Lipinski definition) is 6. The van der Waals surface area contributed by atoms with Crippen LogP contribution in [0.1, 0.15) is 33.6 Å². The fourth-order valence-corrected chi connectivity index (χ4v) is 4.46. The summed E-state index contributed by atoms with van der Waals surface area (Å²) in [4.78, 5) is 37.6. The molecule has 0 spiro atoms. The molecule has 0 bridgehead atoms. The van der Waals surface area contributed by atoms with Gasteiger partial charge in [-0.1, -0.05) is 13.8 Å². The lowest BCUT2D eigenvalue weighted by molar-refractivity contribution is -0.145. The fourth-order valence-electron chi connectivity index (χ4n) is 4.46. The Kier molecular flexibility index (Phi) is 3.44. The van der Waals surface area contributed by atoms with Crippen molar-refractivity contribution in [3.8, 4) is 0 Å². The number of carbonyl (C=O) groups excluding carboxylic acids is 3. The molecule has 0 aromatic heterocycles. The van der Waals surface area contributed by atoms with E-state index in [9.17, 15) is 24.6 Å². The second-order valence-electron chi connectivity index (χ2n) is 7.89. The Morgan fingerprint density at radius 1 is 1.15 bits per heavy atom. The van der Waals surface area contributed by atoms with Crippen molar-refractivity contribution in [3.63, 3.8) is 0 Å². The third-order valence-corrected chi connectivity index (χ3v) is 5.92. The number of carbonyl (C=O) groups is 3. The molecular weight excluding hydrogens is 336 g/mol. The van der Waals surface area contributed by atoms with Crippen LogP contribution in [0.2, 0.25) is 0 Å². The fraction of sp³-hybridized carbons (Fsp3) is 0.450. The molecule has 0 aromatic rings. The highest BCUT2D eigenvalue weighted by atomic mass is 16.5. The lowest BCUT2D eigenvalue weighted by Crippen LogP contribution is -2.39. The summed E-state index contributed by atoms with van der Waals surface area (Å²) >= 11 is 0. The van der Waals surface area contributed by atoms with E-state index in [-0.39, 0.29) is 34.4 Å². The summed E-state index contributed by atoms with van der Waals surface area (Å²) in [5.74, 6) is -2.60. The Balaban J connectivity index is 2.00. The number of ketones is 2. The minimum absolute atomic E-state index is 0.0492. The summed E-state index contributed by atoms with van der Waals surface area (Å²) in [6, 6.07) is 0. The average Bonchev–Trinajstić information content (AvgIpc) is 2.72. The van der Waals surface area contributed by atoms with Gasteiger partial charge in [-0.2, -0.15) is 0 Å². The summed E-state index contributed by atoms with van der Waals surface area (Å²) < 4.78 is 5.47. The monoisotopic (exact) mass is 356 g/mol. The molecule has 0 aromatic carbocycles. The lowest BCUT2D eigenvalue weighted by Gasteiger charge is -2.36. The highest BCUT2D eigenvalue weighted by Gasteiger charge is 2.57. The molecule has 4 rings (SSSR count). The Bertz CT molecular complexity index is 897. The molecule has 1 heterocycles. The Morgan fingerprint density at radius 3 is 2.50 bits per heavy atom. The van der Waals surface area contributed by atoms with Gasteiger partial charge in [0.1, 0.15) is 11.5 Å². The van der Waals surface area contributed by atoms with E-state index < -0.39 is 29.0 Å². The van der Waals surface area contributed by atoms with Crippen molar-refractivity contribution in [2.24, 2.45) is 17.3 Å². The van der Waals surface area contributed by atoms with Gasteiger partial charge >= 0.3 is 5.97 Å². The number of allylic oxidation sites excluding steroid dienone is 5. The molecule has 26 heavy (non-hydrogen) atoms. The van der Waals surface area contributed by atoms with Crippen LogP contribution in [0, 0.1) is 17.3 Å². The zero-order valence-corrected chi connectivity index (χ0v) is 14.8. The van der Waals surface area contributed by atoms with Crippen molar-refractivity contribution in [3.05, 3.63) is 46.0 Å². The molecule has 0 unspecified atom stereocenters. The highest BCUT2D eigenvalue weighted by molar-refractivity contribution is 6.51. The minimum Gasteiger partial charge on any atom is -0.507 e. The Labute approximate surface area is 150 Å². The maximum atomic E-state index is 12.7. The van der Waals surface area contributed by atoms with Crippen molar-refractivity contribution < 1.29 is 29.3 Å². The smallest absolute Gasteiger partial charge is 0.317 e. The normalized spacial score (nSPS) is 33.7. The maximum absolute atomic E-state index is 12.7. The van der Waals surface area contributed by atoms with Gasteiger partial charge in [0.25, 0.3) is 0 Å². The summed E-state index contributed by atoms with van der Waals surface area (Å²) in [5, 5.41) is 21.2. The van der Waals surface area contributed by atoms with Gasteiger partial charge in [0.05, 0.1) is 17.4 Å². The van der Waals surface area contributed by atoms with Crippen molar-refractivity contribution in [1.29, 1.82) is 0 Å². The predicted octanol–water partition coefficient (Wildman–Crippen LogP) is 2.06. The van der Waals surface area contributed by atoms with Crippen LogP contribution >= 0.6 is 0 Å². The molecule has 0 radical (unpaired) electrons. The molecule has 1 saturated carbocycles. The van der Waals surface area contributed by atoms with Crippen LogP contribution in [-0.2, 0) is 19.1 Å². The van der Waals surface area contributed by atoms with Gasteiger partial charge in [0, 0.05) is 16.7 Å². The van der Waals surface area contributed by atoms with Crippen molar-refractivity contribution in [2.45, 2.75) is 39.7 Å². The first-order chi connectivity index (χ1) is 12.2. The Morgan fingerprint density at radius 2 is 1.85 bits per heavy atom. The first kappa shape index (κ1) is 17.0. The topological polar surface area (TPSA) is 101 Å². The van der Waals surface area contributed by atoms with E-state index in [1.165, 1.54) is 12.2 Å². The molecule has 2 N–H and O–H groups in total. The van der Waals surface area contributed by atoms with Gasteiger partial charge in [0.15, 0.2) is 0 Å². The summed E-state index contributed by atoms with van der Waals surface area (Å²) in [6.07, 6.45) is 2.94. The third-order valence-electron chi connectivity index (χ3n) is 5.92. The minimum atomic E-state index is -0.835. The standard InChI is InChI=1S/C20H20O6/c1-8(2)14-16(22)10-7-13-15-11(6-9(10)17(23)18(14)24)12(21)4-5-20(15,3)19(25)26-13/h6-8,12,15,21-22H,4-5H2,1-3H3/t12-,15+,20+/m1/s1. The SMILES string of the molecule is CC(C)C1=C(O)C2=C(C=C3[C@H]4C(=C2)OC(=O)[C@@]4(C)CC[C@H]3O)C(=O)C1=O. The zero-order chi connectivity index (χ0) is 19.0. The predicted molar refractivity (Wildman–Crippen MR) is 90.6 cm³/mol. The van der Waals surface area contributed by atoms with E-state index in [4.69, 9.17) is 4.74 Å². The number of esters is 1. The van der Waals surface area contributed by atoms with Crippen LogP contribution in [0.5, 0.6) is 0 Å². The molecule has 4 aliphatic rings. The summed E-state index contributed by atoms with van der Waals surface area (Å²) in [6.45, 7) is 5.23. The highest BCUT2D eigenvalue weighted by Crippen LogP contribution is 2.55. The molecule has 1 aliphatic heterocycles. The van der Waals surface area contributed by atoms with Gasteiger partial charge in [-0.05, 0) is 43.4 Å². The van der Waals surface area contributed by atoms with Crippen LogP contribution in [0.15, 0.2) is 46.0 Å². The van der Waals surface area contributed by atoms with Gasteiger partial charge in [-0.15, -0.1) is 0 Å². The van der Waals surface area contributed by atoms with Gasteiger partial charge < -0.3 is 14.9 Å². The van der Waals surface area contributed by atoms with Crippen LogP contribution in [0.4, 0.5) is 0 Å². The molecule has 2 fully saturated rings. The molecule has 6 heteroatoms. The van der Waals surface area contributed by atoms with Gasteiger partial charge in [0.2, 0.25) is 11.6 Å². The first-order valence-electron chi connectivity index (χ1n) is 8.77. The summed E-state index contributed by atoms with van der Waals surface area (Å²) in [5.41, 5.74) is -0.0457. The zero-order valence-electron chi connectivity index (χ0n) is 14.8. The number of hydrogen-bond donors (Lipinski definition) is 2. The van der Waals surface area contributed by atoms with E-state index in [0.717, 1.165) is 0 Å². The molecule has 136 valence electrons. The Hall–Kier alpha value is -2.47. The number of aliphatic hydroxyl groups excluding tert-OH is 2. The van der Waals surface area contributed by atoms with Crippen LogP contribution < -0.4 is 0 Å². The molecule has 6 nitrogen and oxygen atoms in total. The van der Waals surface area contributed by atoms with E-state index in [0.29, 0.717) is 24.2 Å². The van der Waals surface area contributed by atoms with Crippen LogP contribution in [0.25, 0.3) is 0 Å². The third kappa shape index (κ3) is 1.99. The van der Waals surface area contributed by atoms with Gasteiger partial charge in [-0.25, -0.2) is 0 Å². The largest absolute Gasteiger partial charge is 0.507 e. The number of aliphatic hydroxyl groups is 2. The second kappa shape index (κ2) is 5.27. The number of Topliss-reactive ketones (excluding diaryl/α,β-unsaturated/α-hetero) is 2. The van der Waals surface area contributed by atoms with E-state index in [1.807, 2.05) is 0 Å². The molecule has 3 aliphatic carbocycles. The number of rotatable bonds is 1. The quantitative estimate of drug-likeness (QED) is 0.424. The van der Waals surface area contributed by atoms with Crippen molar-refractivity contribution in [1.82, 2.24) is 0 Å². The van der Waals surface area contributed by atoms with E-state index >= 15 is 0 Å². The maximum Gasteiger partial charge on any atom is 0.317 e. The van der Waals surface area contributed by atoms with Crippen LogP contribution in [-0.4, -0.2) is 33.9 Å². The van der Waals surface area contributed by atoms with Gasteiger partial charge in [-0.3, -0.25) is 14.4 Å². The molecular formula is C20H20O6. The second-order valence-corrected chi connectivity index (χ2v) is 7.89.